The highest BCUT2D eigenvalue weighted by Crippen LogP contribution is 2.41. The van der Waals surface area contributed by atoms with E-state index in [1.165, 1.54) is 23.1 Å². The van der Waals surface area contributed by atoms with Crippen molar-refractivity contribution in [3.63, 3.8) is 0 Å². The van der Waals surface area contributed by atoms with Crippen LogP contribution in [0.3, 0.4) is 0 Å². The zero-order chi connectivity index (χ0) is 13.2. The number of amides is 1. The van der Waals surface area contributed by atoms with Crippen LogP contribution in [0.15, 0.2) is 45.6 Å². The number of nitrogens with zero attached hydrogens (tertiary/aromatic N) is 1. The number of benzene rings is 1. The number of ether oxygens (including phenoxy) is 1. The quantitative estimate of drug-likeness (QED) is 0.776. The third-order valence-electron chi connectivity index (χ3n) is 2.38. The van der Waals surface area contributed by atoms with E-state index < -0.39 is 6.09 Å². The van der Waals surface area contributed by atoms with Gasteiger partial charge in [-0.25, -0.2) is 9.78 Å². The molecule has 3 N–H and O–H groups in total. The lowest BCUT2D eigenvalue weighted by atomic mass is 10.4. The van der Waals surface area contributed by atoms with Gasteiger partial charge in [-0.2, -0.15) is 0 Å². The topological polar surface area (TPSA) is 81.0 Å². The fourth-order valence-electron chi connectivity index (χ4n) is 1.64. The zero-order valence-corrected chi connectivity index (χ0v) is 11.3. The molecule has 0 atom stereocenters. The van der Waals surface area contributed by atoms with Gasteiger partial charge < -0.3 is 15.5 Å². The van der Waals surface area contributed by atoms with Gasteiger partial charge in [0.15, 0.2) is 0 Å². The van der Waals surface area contributed by atoms with Gasteiger partial charge in [0.05, 0.1) is 5.51 Å². The van der Waals surface area contributed by atoms with E-state index >= 15 is 0 Å². The molecule has 5 nitrogen and oxygen atoms in total. The molecule has 1 amide bonds. The Bertz CT molecular complexity index is 721. The summed E-state index contributed by atoms with van der Waals surface area (Å²) in [5.41, 5.74) is 7.60. The number of fused-ring (bicyclic) bond motifs is 1. The lowest BCUT2D eigenvalue weighted by Crippen LogP contribution is -2.16. The second-order valence-electron chi connectivity index (χ2n) is 3.65. The average Bonchev–Trinajstić information content (AvgIpc) is 2.94. The predicted octanol–water partition coefficient (Wildman–Crippen LogP) is 3.23. The molecule has 96 valence electrons. The molecule has 0 saturated carbocycles. The summed E-state index contributed by atoms with van der Waals surface area (Å²) in [7, 11) is 0. The molecular weight excluding hydrogens is 282 g/mol. The minimum atomic E-state index is -0.844. The van der Waals surface area contributed by atoms with E-state index in [0.29, 0.717) is 5.88 Å². The molecular formula is C12H9N3O2S2. The first kappa shape index (κ1) is 12.1. The van der Waals surface area contributed by atoms with Crippen molar-refractivity contribution < 1.29 is 9.53 Å². The highest BCUT2D eigenvalue weighted by atomic mass is 32.2. The van der Waals surface area contributed by atoms with Crippen molar-refractivity contribution in [2.24, 2.45) is 5.73 Å². The van der Waals surface area contributed by atoms with Crippen molar-refractivity contribution >= 4 is 39.5 Å². The van der Waals surface area contributed by atoms with Crippen molar-refractivity contribution in [2.45, 2.75) is 9.79 Å². The molecule has 19 heavy (non-hydrogen) atoms. The molecule has 0 fully saturated rings. The molecule has 0 radical (unpaired) electrons. The number of thiazole rings is 1. The Morgan fingerprint density at radius 1 is 1.37 bits per heavy atom. The number of hydrogen-bond acceptors (Lipinski definition) is 5. The maximum absolute atomic E-state index is 10.9. The van der Waals surface area contributed by atoms with Crippen LogP contribution in [0.5, 0.6) is 5.88 Å². The van der Waals surface area contributed by atoms with Crippen LogP contribution < -0.4 is 10.5 Å². The SMILES string of the molecule is NC(=O)Oc1[nH]c2scnc2c1Sc1ccccc1. The molecule has 0 bridgehead atoms. The third-order valence-corrected chi connectivity index (χ3v) is 4.21. The Kier molecular flexibility index (Phi) is 3.14. The van der Waals surface area contributed by atoms with Gasteiger partial charge in [0.1, 0.15) is 15.2 Å². The molecule has 0 aliphatic heterocycles. The number of carbonyl (C=O) groups is 1. The van der Waals surface area contributed by atoms with Crippen LogP contribution in [-0.2, 0) is 0 Å². The molecule has 2 heterocycles. The largest absolute Gasteiger partial charge is 0.411 e. The van der Waals surface area contributed by atoms with Crippen LogP contribution in [0.25, 0.3) is 10.3 Å². The number of carbonyl (C=O) groups excluding carboxylic acids is 1. The minimum absolute atomic E-state index is 0.343. The van der Waals surface area contributed by atoms with Gasteiger partial charge in [-0.15, -0.1) is 11.3 Å². The molecule has 7 heteroatoms. The minimum Gasteiger partial charge on any atom is -0.392 e. The second-order valence-corrected chi connectivity index (χ2v) is 5.59. The first-order chi connectivity index (χ1) is 9.24. The Balaban J connectivity index is 2.04. The number of H-pyrrole nitrogens is 1. The Labute approximate surface area is 116 Å². The highest BCUT2D eigenvalue weighted by molar-refractivity contribution is 7.99. The van der Waals surface area contributed by atoms with Crippen LogP contribution >= 0.6 is 23.1 Å². The maximum Gasteiger partial charge on any atom is 0.411 e. The third kappa shape index (κ3) is 2.42. The first-order valence-electron chi connectivity index (χ1n) is 5.39. The lowest BCUT2D eigenvalue weighted by molar-refractivity contribution is 0.208. The number of hydrogen-bond donors (Lipinski definition) is 2. The van der Waals surface area contributed by atoms with Crippen LogP contribution in [0, 0.1) is 0 Å². The van der Waals surface area contributed by atoms with E-state index in [4.69, 9.17) is 10.5 Å². The number of aromatic nitrogens is 2. The molecule has 0 saturated heterocycles. The van der Waals surface area contributed by atoms with E-state index in [9.17, 15) is 4.79 Å². The van der Waals surface area contributed by atoms with Crippen LogP contribution in [0.4, 0.5) is 4.79 Å². The summed E-state index contributed by atoms with van der Waals surface area (Å²) >= 11 is 2.92. The van der Waals surface area contributed by atoms with Gasteiger partial charge in [0.25, 0.3) is 0 Å². The standard InChI is InChI=1S/C12H9N3O2S2/c13-12(16)17-10-9(8-11(15-10)18-6-14-8)19-7-4-2-1-3-5-7/h1-6,15H,(H2,13,16). The van der Waals surface area contributed by atoms with E-state index in [2.05, 4.69) is 9.97 Å². The van der Waals surface area contributed by atoms with Crippen molar-refractivity contribution in [3.05, 3.63) is 35.8 Å². The summed E-state index contributed by atoms with van der Waals surface area (Å²) in [6.07, 6.45) is -0.844. The fourth-order valence-corrected chi connectivity index (χ4v) is 3.35. The van der Waals surface area contributed by atoms with Crippen LogP contribution in [-0.4, -0.2) is 16.1 Å². The molecule has 2 aromatic heterocycles. The number of rotatable bonds is 3. The molecule has 0 aliphatic carbocycles. The molecule has 1 aromatic carbocycles. The van der Waals surface area contributed by atoms with E-state index in [1.54, 1.807) is 5.51 Å². The van der Waals surface area contributed by atoms with E-state index in [0.717, 1.165) is 20.1 Å². The first-order valence-corrected chi connectivity index (χ1v) is 7.09. The van der Waals surface area contributed by atoms with Crippen molar-refractivity contribution in [1.29, 1.82) is 0 Å². The highest BCUT2D eigenvalue weighted by Gasteiger charge is 2.18. The van der Waals surface area contributed by atoms with Gasteiger partial charge >= 0.3 is 6.09 Å². The molecule has 0 aliphatic rings. The van der Waals surface area contributed by atoms with Gasteiger partial charge in [-0.05, 0) is 12.1 Å². The lowest BCUT2D eigenvalue weighted by Gasteiger charge is -2.03. The Morgan fingerprint density at radius 3 is 2.89 bits per heavy atom. The summed E-state index contributed by atoms with van der Waals surface area (Å²) in [5.74, 6) is 0.343. The monoisotopic (exact) mass is 291 g/mol. The maximum atomic E-state index is 10.9. The average molecular weight is 291 g/mol. The van der Waals surface area contributed by atoms with E-state index in [1.807, 2.05) is 30.3 Å². The van der Waals surface area contributed by atoms with Gasteiger partial charge in [-0.3, -0.25) is 0 Å². The van der Waals surface area contributed by atoms with Gasteiger partial charge in [0.2, 0.25) is 5.88 Å². The summed E-state index contributed by atoms with van der Waals surface area (Å²) < 4.78 is 4.99. The Morgan fingerprint density at radius 2 is 2.16 bits per heavy atom. The normalized spacial score (nSPS) is 10.7. The van der Waals surface area contributed by atoms with Crippen molar-refractivity contribution in [2.75, 3.05) is 0 Å². The number of nitrogens with one attached hydrogen (secondary N) is 1. The predicted molar refractivity (Wildman–Crippen MR) is 74.7 cm³/mol. The second kappa shape index (κ2) is 4.94. The fraction of sp³-hybridized carbons (Fsp3) is 0. The van der Waals surface area contributed by atoms with Gasteiger partial charge in [0, 0.05) is 4.90 Å². The van der Waals surface area contributed by atoms with Crippen LogP contribution in [0.2, 0.25) is 0 Å². The molecule has 3 aromatic rings. The number of aromatic amines is 1. The van der Waals surface area contributed by atoms with Crippen molar-refractivity contribution in [3.8, 4) is 5.88 Å². The smallest absolute Gasteiger partial charge is 0.392 e. The Hall–Kier alpha value is -1.99. The summed E-state index contributed by atoms with van der Waals surface area (Å²) in [4.78, 5) is 20.9. The van der Waals surface area contributed by atoms with E-state index in [-0.39, 0.29) is 0 Å². The number of nitrogens with two attached hydrogens (primary N) is 1. The summed E-state index contributed by atoms with van der Waals surface area (Å²) in [6, 6.07) is 9.79. The van der Waals surface area contributed by atoms with Crippen LogP contribution in [0.1, 0.15) is 0 Å². The molecule has 3 rings (SSSR count). The van der Waals surface area contributed by atoms with Gasteiger partial charge in [-0.1, -0.05) is 30.0 Å². The molecule has 0 unspecified atom stereocenters. The number of primary amides is 1. The summed E-state index contributed by atoms with van der Waals surface area (Å²) in [6.45, 7) is 0. The summed E-state index contributed by atoms with van der Waals surface area (Å²) in [5, 5.41) is 0. The zero-order valence-electron chi connectivity index (χ0n) is 9.62. The molecule has 0 spiro atoms. The van der Waals surface area contributed by atoms with Crippen molar-refractivity contribution in [1.82, 2.24) is 9.97 Å².